The molecule has 0 unspecified atom stereocenters. The Bertz CT molecular complexity index is 763. The van der Waals surface area contributed by atoms with Gasteiger partial charge in [-0.2, -0.15) is 6.42 Å². The third kappa shape index (κ3) is 9.79. The number of rotatable bonds is 6. The number of allylic oxidation sites excluding steroid dienone is 1. The maximum absolute atomic E-state index is 4.67. The van der Waals surface area contributed by atoms with Gasteiger partial charge in [-0.25, -0.2) is 4.98 Å². The molecule has 0 aliphatic heterocycles. The zero-order valence-corrected chi connectivity index (χ0v) is 21.8. The summed E-state index contributed by atoms with van der Waals surface area (Å²) >= 11 is 0. The Morgan fingerprint density at radius 2 is 1.82 bits per heavy atom. The second-order valence-corrected chi connectivity index (χ2v) is 5.03. The number of nitrogens with one attached hydrogen (secondary N) is 1. The Labute approximate surface area is 198 Å². The normalized spacial score (nSPS) is 10.4. The second kappa shape index (κ2) is 19.1. The van der Waals surface area contributed by atoms with E-state index in [1.54, 1.807) is 6.08 Å². The molecule has 0 aromatic carbocycles. The molecule has 0 spiro atoms. The van der Waals surface area contributed by atoms with Gasteiger partial charge in [0.15, 0.2) is 0 Å². The van der Waals surface area contributed by atoms with Gasteiger partial charge in [0.25, 0.3) is 0 Å². The van der Waals surface area contributed by atoms with Crippen molar-refractivity contribution in [2.75, 3.05) is 11.9 Å². The fraction of sp³-hybridized carbons (Fsp3) is 0.391. The molecule has 2 aromatic rings. The Morgan fingerprint density at radius 1 is 1.18 bits per heavy atom. The van der Waals surface area contributed by atoms with Crippen molar-refractivity contribution in [2.24, 2.45) is 0 Å². The molecule has 155 valence electrons. The van der Waals surface area contributed by atoms with Crippen molar-refractivity contribution in [3.05, 3.63) is 67.3 Å². The minimum absolute atomic E-state index is 0. The van der Waals surface area contributed by atoms with E-state index in [0.29, 0.717) is 6.54 Å². The monoisotopic (exact) mass is 459 g/mol. The minimum atomic E-state index is 0. The van der Waals surface area contributed by atoms with Crippen molar-refractivity contribution >= 4 is 18.1 Å². The van der Waals surface area contributed by atoms with Gasteiger partial charge >= 0.3 is 0 Å². The molecule has 2 aromatic heterocycles. The predicted octanol–water partition coefficient (Wildman–Crippen LogP) is 4.54. The first-order valence-corrected chi connectivity index (χ1v) is 9.51. The quantitative estimate of drug-likeness (QED) is 0.646. The molecule has 5 heteroatoms. The van der Waals surface area contributed by atoms with Crippen LogP contribution in [0.25, 0.3) is 12.2 Å². The van der Waals surface area contributed by atoms with E-state index < -0.39 is 0 Å². The zero-order chi connectivity index (χ0) is 19.9. The molecule has 2 rings (SSSR count). The van der Waals surface area contributed by atoms with Gasteiger partial charge < -0.3 is 24.2 Å². The summed E-state index contributed by atoms with van der Waals surface area (Å²) in [6.45, 7) is 21.1. The summed E-state index contributed by atoms with van der Waals surface area (Å²) in [4.78, 5) is 9.25. The molecule has 1 N–H and O–H groups in total. The molecule has 1 radical (unpaired) electrons. The van der Waals surface area contributed by atoms with Crippen LogP contribution in [0.4, 0.5) is 5.95 Å². The van der Waals surface area contributed by atoms with Gasteiger partial charge in [0.1, 0.15) is 0 Å². The molecule has 0 saturated heterocycles. The van der Waals surface area contributed by atoms with Crippen LogP contribution in [0.2, 0.25) is 0 Å². The first-order chi connectivity index (χ1) is 12.7. The molecule has 0 amide bonds. The number of anilines is 1. The Balaban J connectivity index is -0.000000978. The topological polar surface area (TPSA) is 42.7 Å². The van der Waals surface area contributed by atoms with E-state index in [2.05, 4.69) is 39.4 Å². The van der Waals surface area contributed by atoms with Crippen molar-refractivity contribution in [3.63, 3.8) is 0 Å². The van der Waals surface area contributed by atoms with Crippen LogP contribution in [-0.4, -0.2) is 21.1 Å². The molecule has 0 fully saturated rings. The summed E-state index contributed by atoms with van der Waals surface area (Å²) in [6.07, 6.45) is 6.55. The van der Waals surface area contributed by atoms with Crippen molar-refractivity contribution in [3.8, 4) is 0 Å². The average Bonchev–Trinajstić information content (AvgIpc) is 3.00. The van der Waals surface area contributed by atoms with Gasteiger partial charge in [-0.1, -0.05) is 52.5 Å². The Hall–Kier alpha value is -1.26. The average molecular weight is 459 g/mol. The molecule has 0 aliphatic carbocycles. The van der Waals surface area contributed by atoms with Crippen molar-refractivity contribution in [1.82, 2.24) is 14.5 Å². The molecule has 28 heavy (non-hydrogen) atoms. The predicted molar refractivity (Wildman–Crippen MR) is 122 cm³/mol. The molecule has 0 saturated carbocycles. The summed E-state index contributed by atoms with van der Waals surface area (Å²) in [5.41, 5.74) is 2.04. The third-order valence-corrected chi connectivity index (χ3v) is 3.31. The molecular formula is C23H38N4Y-2. The van der Waals surface area contributed by atoms with Crippen LogP contribution in [0.1, 0.15) is 52.4 Å². The molecule has 0 bridgehead atoms. The summed E-state index contributed by atoms with van der Waals surface area (Å²) in [6, 6.07) is 6.07. The van der Waals surface area contributed by atoms with E-state index in [9.17, 15) is 0 Å². The first kappa shape index (κ1) is 31.4. The van der Waals surface area contributed by atoms with Gasteiger partial charge in [-0.15, -0.1) is 0 Å². The third-order valence-electron chi connectivity index (χ3n) is 3.31. The van der Waals surface area contributed by atoms with Gasteiger partial charge in [0.2, 0.25) is 5.95 Å². The fourth-order valence-electron chi connectivity index (χ4n) is 2.37. The summed E-state index contributed by atoms with van der Waals surface area (Å²) in [7, 11) is 0. The number of hydrogen-bond acceptors (Lipinski definition) is 3. The SMILES string of the molecule is C=C/C=c1/nc(NCC[CH2-])n(Cc2cccc(C)n2)/c1=C/C.CC.CC.[CH3-].[Y]. The molecule has 0 aliphatic rings. The first-order valence-electron chi connectivity index (χ1n) is 9.51. The summed E-state index contributed by atoms with van der Waals surface area (Å²) in [5, 5.41) is 5.32. The van der Waals surface area contributed by atoms with Gasteiger partial charge in [0, 0.05) is 38.4 Å². The van der Waals surface area contributed by atoms with E-state index in [1.807, 2.05) is 65.8 Å². The fourth-order valence-corrected chi connectivity index (χ4v) is 2.37. The van der Waals surface area contributed by atoms with Crippen molar-refractivity contribution < 1.29 is 32.7 Å². The van der Waals surface area contributed by atoms with Crippen LogP contribution in [0.15, 0.2) is 30.9 Å². The zero-order valence-electron chi connectivity index (χ0n) is 18.9. The number of hydrogen-bond donors (Lipinski definition) is 1. The van der Waals surface area contributed by atoms with Crippen LogP contribution in [-0.2, 0) is 39.3 Å². The van der Waals surface area contributed by atoms with Crippen LogP contribution < -0.4 is 16.0 Å². The Kier molecular flexibility index (Phi) is 21.4. The van der Waals surface area contributed by atoms with Crippen LogP contribution >= 0.6 is 0 Å². The van der Waals surface area contributed by atoms with E-state index in [4.69, 9.17) is 0 Å². The maximum Gasteiger partial charge on any atom is 0.204 e. The molecule has 2 heterocycles. The minimum Gasteiger partial charge on any atom is -0.358 e. The van der Waals surface area contributed by atoms with Gasteiger partial charge in [-0.05, 0) is 38.6 Å². The smallest absolute Gasteiger partial charge is 0.204 e. The maximum atomic E-state index is 4.67. The van der Waals surface area contributed by atoms with Gasteiger partial charge in [-0.3, -0.25) is 4.98 Å². The van der Waals surface area contributed by atoms with E-state index in [0.717, 1.165) is 41.0 Å². The Morgan fingerprint density at radius 3 is 2.32 bits per heavy atom. The number of aryl methyl sites for hydroxylation is 1. The largest absolute Gasteiger partial charge is 0.358 e. The standard InChI is InChI=1S/C18H23N4.2C2H6.CH3.Y/c1-5-9-16-17(7-3)22(18(21-16)19-12-6-2)13-15-11-8-10-14(4)20-15;2*1-2;;/h5,7-11H,1-2,6,12-13H2,3-4H3,(H,19,21);2*1-2H3;1H3;/q-1;;;-1;/b16-9+,17-7+;;;;. The van der Waals surface area contributed by atoms with Gasteiger partial charge in [0.05, 0.1) is 22.9 Å². The second-order valence-electron chi connectivity index (χ2n) is 5.03. The van der Waals surface area contributed by atoms with Crippen molar-refractivity contribution in [1.29, 1.82) is 0 Å². The van der Waals surface area contributed by atoms with Crippen LogP contribution in [0.3, 0.4) is 0 Å². The molecule has 4 nitrogen and oxygen atoms in total. The van der Waals surface area contributed by atoms with Crippen LogP contribution in [0.5, 0.6) is 0 Å². The molecular weight excluding hydrogens is 421 g/mol. The van der Waals surface area contributed by atoms with Crippen LogP contribution in [0, 0.1) is 21.3 Å². The molecule has 0 atom stereocenters. The summed E-state index contributed by atoms with van der Waals surface area (Å²) in [5.74, 6) is 0.841. The van der Waals surface area contributed by atoms with E-state index in [1.165, 1.54) is 0 Å². The van der Waals surface area contributed by atoms with E-state index in [-0.39, 0.29) is 40.1 Å². The number of imidazole rings is 1. The van der Waals surface area contributed by atoms with E-state index >= 15 is 0 Å². The number of aromatic nitrogens is 3. The van der Waals surface area contributed by atoms with Crippen molar-refractivity contribution in [2.45, 2.75) is 54.5 Å². The summed E-state index contributed by atoms with van der Waals surface area (Å²) < 4.78 is 2.15. The number of pyridine rings is 1. The number of nitrogens with zero attached hydrogens (tertiary/aromatic N) is 3.